The number of pyridine rings is 1. The molecule has 146 valence electrons. The van der Waals surface area contributed by atoms with Crippen LogP contribution in [0.2, 0.25) is 0 Å². The highest BCUT2D eigenvalue weighted by Crippen LogP contribution is 2.29. The van der Waals surface area contributed by atoms with Crippen LogP contribution >= 0.6 is 11.3 Å². The summed E-state index contributed by atoms with van der Waals surface area (Å²) in [6.07, 6.45) is 0. The predicted molar refractivity (Wildman–Crippen MR) is 122 cm³/mol. The van der Waals surface area contributed by atoms with Crippen LogP contribution < -0.4 is 5.32 Å². The van der Waals surface area contributed by atoms with Gasteiger partial charge in [-0.1, -0.05) is 43.3 Å². The number of benzene rings is 2. The van der Waals surface area contributed by atoms with Gasteiger partial charge in [-0.25, -0.2) is 4.98 Å². The number of aromatic nitrogens is 1. The molecular weight excluding hydrogens is 376 g/mol. The molecule has 0 fully saturated rings. The number of carbonyl (C=O) groups is 1. The lowest BCUT2D eigenvalue weighted by Gasteiger charge is -2.15. The first-order chi connectivity index (χ1) is 14.0. The quantitative estimate of drug-likeness (QED) is 0.439. The summed E-state index contributed by atoms with van der Waals surface area (Å²) < 4.78 is 0. The van der Waals surface area contributed by atoms with Crippen LogP contribution in [0.4, 0.5) is 0 Å². The van der Waals surface area contributed by atoms with Gasteiger partial charge in [-0.05, 0) is 66.1 Å². The summed E-state index contributed by atoms with van der Waals surface area (Å²) in [5, 5.41) is 6.06. The second-order valence-electron chi connectivity index (χ2n) is 7.51. The van der Waals surface area contributed by atoms with Crippen LogP contribution in [-0.2, 0) is 0 Å². The van der Waals surface area contributed by atoms with E-state index in [0.717, 1.165) is 27.0 Å². The van der Waals surface area contributed by atoms with Crippen molar-refractivity contribution in [2.45, 2.75) is 26.7 Å². The summed E-state index contributed by atoms with van der Waals surface area (Å²) in [6.45, 7) is 6.87. The number of nitrogens with one attached hydrogen (secondary N) is 1. The minimum Gasteiger partial charge on any atom is -0.351 e. The Morgan fingerprint density at radius 1 is 1.03 bits per heavy atom. The summed E-state index contributed by atoms with van der Waals surface area (Å²) in [6, 6.07) is 20.4. The van der Waals surface area contributed by atoms with Gasteiger partial charge in [0.1, 0.15) is 0 Å². The van der Waals surface area contributed by atoms with Crippen molar-refractivity contribution < 1.29 is 4.79 Å². The smallest absolute Gasteiger partial charge is 0.252 e. The molecule has 0 radical (unpaired) electrons. The zero-order valence-electron chi connectivity index (χ0n) is 16.9. The fourth-order valence-corrected chi connectivity index (χ4v) is 4.15. The molecule has 0 saturated carbocycles. The lowest BCUT2D eigenvalue weighted by molar-refractivity contribution is 0.0953. The third-order valence-electron chi connectivity index (χ3n) is 5.38. The van der Waals surface area contributed by atoms with E-state index in [0.29, 0.717) is 12.1 Å². The normalized spacial score (nSPS) is 12.1. The SMILES string of the molecule is Cc1cc2nc(-c3cccs3)cc(C(=O)NC[C@H](C)c3ccccc3)c2cc1C. The van der Waals surface area contributed by atoms with Gasteiger partial charge in [-0.2, -0.15) is 0 Å². The van der Waals surface area contributed by atoms with Gasteiger partial charge in [-0.15, -0.1) is 11.3 Å². The highest BCUT2D eigenvalue weighted by molar-refractivity contribution is 7.13. The molecule has 0 aliphatic carbocycles. The molecule has 0 saturated heterocycles. The molecule has 0 aliphatic heterocycles. The van der Waals surface area contributed by atoms with E-state index in [9.17, 15) is 4.79 Å². The van der Waals surface area contributed by atoms with Crippen molar-refractivity contribution in [2.75, 3.05) is 6.54 Å². The number of aryl methyl sites for hydroxylation is 2. The summed E-state index contributed by atoms with van der Waals surface area (Å²) in [7, 11) is 0. The molecule has 29 heavy (non-hydrogen) atoms. The number of nitrogens with zero attached hydrogens (tertiary/aromatic N) is 1. The molecule has 2 aromatic carbocycles. The highest BCUT2D eigenvalue weighted by Gasteiger charge is 2.16. The third kappa shape index (κ3) is 4.08. The number of rotatable bonds is 5. The van der Waals surface area contributed by atoms with E-state index in [1.54, 1.807) is 11.3 Å². The molecule has 3 nitrogen and oxygen atoms in total. The van der Waals surface area contributed by atoms with Crippen molar-refractivity contribution in [2.24, 2.45) is 0 Å². The summed E-state index contributed by atoms with van der Waals surface area (Å²) in [5.74, 6) is 0.190. The van der Waals surface area contributed by atoms with Crippen LogP contribution in [0.1, 0.15) is 39.9 Å². The monoisotopic (exact) mass is 400 g/mol. The molecule has 0 spiro atoms. The topological polar surface area (TPSA) is 42.0 Å². The Balaban J connectivity index is 1.69. The second kappa shape index (κ2) is 8.18. The van der Waals surface area contributed by atoms with Crippen LogP contribution in [0.5, 0.6) is 0 Å². The van der Waals surface area contributed by atoms with Crippen LogP contribution in [-0.4, -0.2) is 17.4 Å². The van der Waals surface area contributed by atoms with Gasteiger partial charge >= 0.3 is 0 Å². The molecule has 4 rings (SSSR count). The molecule has 1 atom stereocenters. The predicted octanol–water partition coefficient (Wildman–Crippen LogP) is 6.11. The molecule has 2 aromatic heterocycles. The van der Waals surface area contributed by atoms with Crippen molar-refractivity contribution in [1.82, 2.24) is 10.3 Å². The standard InChI is InChI=1S/C25H24N2OS/c1-16-12-20-21(25(28)26-15-18(3)19-8-5-4-6-9-19)14-23(24-10-7-11-29-24)27-22(20)13-17(16)2/h4-14,18H,15H2,1-3H3,(H,26,28)/t18-/m0/s1. The van der Waals surface area contributed by atoms with Crippen molar-refractivity contribution in [3.63, 3.8) is 0 Å². The zero-order chi connectivity index (χ0) is 20.4. The second-order valence-corrected chi connectivity index (χ2v) is 8.46. The molecule has 0 bridgehead atoms. The average molecular weight is 401 g/mol. The summed E-state index contributed by atoms with van der Waals surface area (Å²) >= 11 is 1.63. The highest BCUT2D eigenvalue weighted by atomic mass is 32.1. The Hall–Kier alpha value is -2.98. The first-order valence-electron chi connectivity index (χ1n) is 9.82. The van der Waals surface area contributed by atoms with Crippen molar-refractivity contribution in [3.8, 4) is 10.6 Å². The summed E-state index contributed by atoms with van der Waals surface area (Å²) in [4.78, 5) is 19.1. The van der Waals surface area contributed by atoms with Gasteiger partial charge in [0.2, 0.25) is 0 Å². The van der Waals surface area contributed by atoms with Crippen LogP contribution in [0.25, 0.3) is 21.5 Å². The maximum absolute atomic E-state index is 13.2. The number of carbonyl (C=O) groups excluding carboxylic acids is 1. The van der Waals surface area contributed by atoms with Crippen LogP contribution in [0, 0.1) is 13.8 Å². The fraction of sp³-hybridized carbons (Fsp3) is 0.200. The van der Waals surface area contributed by atoms with E-state index in [-0.39, 0.29) is 11.8 Å². The Morgan fingerprint density at radius 3 is 2.52 bits per heavy atom. The summed E-state index contributed by atoms with van der Waals surface area (Å²) in [5.41, 5.74) is 5.95. The maximum atomic E-state index is 13.2. The zero-order valence-corrected chi connectivity index (χ0v) is 17.7. The van der Waals surface area contributed by atoms with Crippen molar-refractivity contribution in [3.05, 3.63) is 88.3 Å². The van der Waals surface area contributed by atoms with Gasteiger partial charge in [-0.3, -0.25) is 4.79 Å². The number of thiophene rings is 1. The minimum absolute atomic E-state index is 0.0544. The largest absolute Gasteiger partial charge is 0.351 e. The molecule has 2 heterocycles. The van der Waals surface area contributed by atoms with Gasteiger partial charge < -0.3 is 5.32 Å². The molecule has 1 amide bonds. The Bertz CT molecular complexity index is 1150. The molecule has 4 heteroatoms. The number of hydrogen-bond acceptors (Lipinski definition) is 3. The fourth-order valence-electron chi connectivity index (χ4n) is 3.46. The van der Waals surface area contributed by atoms with E-state index >= 15 is 0 Å². The van der Waals surface area contributed by atoms with Crippen molar-refractivity contribution >= 4 is 28.1 Å². The minimum atomic E-state index is -0.0544. The van der Waals surface area contributed by atoms with E-state index in [4.69, 9.17) is 4.98 Å². The first kappa shape index (κ1) is 19.3. The molecule has 4 aromatic rings. The Kier molecular flexibility index (Phi) is 5.45. The molecular formula is C25H24N2OS. The van der Waals surface area contributed by atoms with E-state index in [1.807, 2.05) is 41.8 Å². The van der Waals surface area contributed by atoms with E-state index in [1.165, 1.54) is 11.1 Å². The average Bonchev–Trinajstić information content (AvgIpc) is 3.27. The molecule has 1 N–H and O–H groups in total. The number of hydrogen-bond donors (Lipinski definition) is 1. The third-order valence-corrected chi connectivity index (χ3v) is 6.27. The number of fused-ring (bicyclic) bond motifs is 1. The van der Waals surface area contributed by atoms with E-state index < -0.39 is 0 Å². The van der Waals surface area contributed by atoms with Gasteiger partial charge in [0.25, 0.3) is 5.91 Å². The van der Waals surface area contributed by atoms with E-state index in [2.05, 4.69) is 50.4 Å². The van der Waals surface area contributed by atoms with Crippen LogP contribution in [0.3, 0.4) is 0 Å². The molecule has 0 unspecified atom stereocenters. The Morgan fingerprint density at radius 2 is 1.79 bits per heavy atom. The first-order valence-corrected chi connectivity index (χ1v) is 10.7. The lowest BCUT2D eigenvalue weighted by atomic mass is 9.99. The lowest BCUT2D eigenvalue weighted by Crippen LogP contribution is -2.27. The maximum Gasteiger partial charge on any atom is 0.252 e. The number of amides is 1. The Labute approximate surface area is 175 Å². The van der Waals surface area contributed by atoms with Gasteiger partial charge in [0.05, 0.1) is 21.7 Å². The molecule has 0 aliphatic rings. The van der Waals surface area contributed by atoms with Gasteiger partial charge in [0, 0.05) is 11.9 Å². The van der Waals surface area contributed by atoms with Gasteiger partial charge in [0.15, 0.2) is 0 Å². The van der Waals surface area contributed by atoms with Crippen molar-refractivity contribution in [1.29, 1.82) is 0 Å². The van der Waals surface area contributed by atoms with Crippen LogP contribution in [0.15, 0.2) is 66.0 Å².